The van der Waals surface area contributed by atoms with E-state index in [0.29, 0.717) is 17.0 Å². The maximum absolute atomic E-state index is 14.7. The molecule has 1 atom stereocenters. The predicted molar refractivity (Wildman–Crippen MR) is 114 cm³/mol. The van der Waals surface area contributed by atoms with Crippen molar-refractivity contribution >= 4 is 16.7 Å². The number of fused-ring (bicyclic) bond motifs is 1. The fraction of sp³-hybridized carbons (Fsp3) is 0.409. The Balaban J connectivity index is 1.71. The summed E-state index contributed by atoms with van der Waals surface area (Å²) in [6.45, 7) is 1.66. The molecule has 5 rings (SSSR count). The number of rotatable bonds is 4. The van der Waals surface area contributed by atoms with Gasteiger partial charge >= 0.3 is 0 Å². The van der Waals surface area contributed by atoms with Crippen molar-refractivity contribution < 1.29 is 18.3 Å². The Hall–Kier alpha value is -3.45. The second-order valence-corrected chi connectivity index (χ2v) is 7.92. The van der Waals surface area contributed by atoms with Gasteiger partial charge in [-0.3, -0.25) is 4.68 Å². The van der Waals surface area contributed by atoms with Gasteiger partial charge < -0.3 is 20.5 Å². The van der Waals surface area contributed by atoms with E-state index < -0.39 is 29.0 Å². The molecule has 1 aliphatic heterocycles. The van der Waals surface area contributed by atoms with Crippen LogP contribution in [0.25, 0.3) is 10.9 Å². The number of aromatic nitrogens is 4. The number of nitrogen functional groups attached to an aromatic ring is 1. The highest BCUT2D eigenvalue weighted by Crippen LogP contribution is 2.44. The van der Waals surface area contributed by atoms with Gasteiger partial charge in [0.05, 0.1) is 31.2 Å². The van der Waals surface area contributed by atoms with Gasteiger partial charge in [0.15, 0.2) is 0 Å². The quantitative estimate of drug-likeness (QED) is 0.602. The molecular weight excluding hydrogens is 418 g/mol. The number of nitrogens with one attached hydrogen (secondary N) is 1. The molecule has 10 heteroatoms. The minimum atomic E-state index is -1.01. The number of halogens is 2. The summed E-state index contributed by atoms with van der Waals surface area (Å²) in [5, 5.41) is 8.68. The lowest BCUT2D eigenvalue weighted by atomic mass is 10.1. The van der Waals surface area contributed by atoms with Crippen LogP contribution in [0, 0.1) is 23.5 Å². The summed E-state index contributed by atoms with van der Waals surface area (Å²) in [6, 6.07) is 0.141. The van der Waals surface area contributed by atoms with Crippen molar-refractivity contribution in [1.82, 2.24) is 25.1 Å². The SMILES string of the molecule is COc1nc(OC)c(F)c(C#Cc2nn([C@H]3CCNC3)c3c(C4CC4)cnc(N)c23)c1F. The zero-order chi connectivity index (χ0) is 22.4. The maximum Gasteiger partial charge on any atom is 0.254 e. The summed E-state index contributed by atoms with van der Waals surface area (Å²) in [5.41, 5.74) is 8.04. The van der Waals surface area contributed by atoms with Crippen LogP contribution in [0.15, 0.2) is 6.20 Å². The Morgan fingerprint density at radius 1 is 1.12 bits per heavy atom. The Kier molecular flexibility index (Phi) is 5.06. The second-order valence-electron chi connectivity index (χ2n) is 7.92. The van der Waals surface area contributed by atoms with Crippen LogP contribution in [0.1, 0.15) is 48.0 Å². The Morgan fingerprint density at radius 2 is 1.84 bits per heavy atom. The van der Waals surface area contributed by atoms with Crippen molar-refractivity contribution in [3.8, 4) is 23.6 Å². The molecule has 4 heterocycles. The first kappa shape index (κ1) is 20.5. The predicted octanol–water partition coefficient (Wildman–Crippen LogP) is 2.52. The van der Waals surface area contributed by atoms with Crippen LogP contribution in [-0.4, -0.2) is 47.1 Å². The number of nitrogens with two attached hydrogens (primary N) is 1. The first-order valence-corrected chi connectivity index (χ1v) is 10.4. The molecule has 32 heavy (non-hydrogen) atoms. The van der Waals surface area contributed by atoms with Gasteiger partial charge in [-0.05, 0) is 43.2 Å². The van der Waals surface area contributed by atoms with E-state index >= 15 is 0 Å². The normalized spacial score (nSPS) is 17.9. The average molecular weight is 440 g/mol. The van der Waals surface area contributed by atoms with Gasteiger partial charge in [-0.15, -0.1) is 0 Å². The van der Waals surface area contributed by atoms with Gasteiger partial charge in [-0.25, -0.2) is 4.98 Å². The zero-order valence-electron chi connectivity index (χ0n) is 17.7. The lowest BCUT2D eigenvalue weighted by Crippen LogP contribution is -2.15. The van der Waals surface area contributed by atoms with Crippen LogP contribution >= 0.6 is 0 Å². The number of hydrogen-bond acceptors (Lipinski definition) is 7. The van der Waals surface area contributed by atoms with E-state index in [9.17, 15) is 8.78 Å². The fourth-order valence-electron chi connectivity index (χ4n) is 4.11. The number of nitrogens with zero attached hydrogens (tertiary/aromatic N) is 4. The molecule has 3 aromatic heterocycles. The fourth-order valence-corrected chi connectivity index (χ4v) is 4.11. The minimum Gasteiger partial charge on any atom is -0.479 e. The van der Waals surface area contributed by atoms with Crippen LogP contribution in [0.5, 0.6) is 11.8 Å². The average Bonchev–Trinajstić information content (AvgIpc) is 3.34. The molecular formula is C22H22F2N6O2. The summed E-state index contributed by atoms with van der Waals surface area (Å²) < 4.78 is 41.2. The highest BCUT2D eigenvalue weighted by atomic mass is 19.1. The van der Waals surface area contributed by atoms with Gasteiger partial charge in [-0.1, -0.05) is 5.92 Å². The minimum absolute atomic E-state index is 0.141. The Bertz CT molecular complexity index is 1240. The van der Waals surface area contributed by atoms with Crippen molar-refractivity contribution in [2.45, 2.75) is 31.2 Å². The van der Waals surface area contributed by atoms with Crippen LogP contribution < -0.4 is 20.5 Å². The summed E-state index contributed by atoms with van der Waals surface area (Å²) in [6.07, 6.45) is 4.90. The van der Waals surface area contributed by atoms with Crippen molar-refractivity contribution in [1.29, 1.82) is 0 Å². The number of hydrogen-bond donors (Lipinski definition) is 2. The molecule has 0 radical (unpaired) electrons. The number of pyridine rings is 2. The van der Waals surface area contributed by atoms with Gasteiger partial charge in [0, 0.05) is 12.7 Å². The summed E-state index contributed by atoms with van der Waals surface area (Å²) in [5.74, 6) is 3.26. The molecule has 2 aliphatic rings. The standard InChI is InChI=1S/C22H22F2N6O2/c1-31-21-17(23)13(18(24)22(28-21)32-2)5-6-15-16-19(30(29-15)12-7-8-26-9-12)14(11-3-4-11)10-27-20(16)25/h10-12,26H,3-4,7-9H2,1-2H3,(H2,25,27)/t12-/m0/s1. The van der Waals surface area contributed by atoms with Crippen molar-refractivity contribution in [3.05, 3.63) is 34.7 Å². The molecule has 1 aliphatic carbocycles. The molecule has 3 aromatic rings. The van der Waals surface area contributed by atoms with Crippen LogP contribution in [0.4, 0.5) is 14.6 Å². The van der Waals surface area contributed by atoms with E-state index in [0.717, 1.165) is 43.4 Å². The lowest BCUT2D eigenvalue weighted by Gasteiger charge is -2.13. The van der Waals surface area contributed by atoms with Crippen LogP contribution in [-0.2, 0) is 0 Å². The number of methoxy groups -OCH3 is 2. The van der Waals surface area contributed by atoms with Crippen molar-refractivity contribution in [2.75, 3.05) is 33.0 Å². The Morgan fingerprint density at radius 3 is 2.44 bits per heavy atom. The smallest absolute Gasteiger partial charge is 0.254 e. The topological polar surface area (TPSA) is 100 Å². The first-order valence-electron chi connectivity index (χ1n) is 10.4. The first-order chi connectivity index (χ1) is 15.5. The molecule has 1 saturated heterocycles. The van der Waals surface area contributed by atoms with Crippen molar-refractivity contribution in [2.24, 2.45) is 0 Å². The van der Waals surface area contributed by atoms with Crippen molar-refractivity contribution in [3.63, 3.8) is 0 Å². The second kappa shape index (κ2) is 7.91. The highest BCUT2D eigenvalue weighted by molar-refractivity contribution is 5.95. The van der Waals surface area contributed by atoms with Crippen LogP contribution in [0.3, 0.4) is 0 Å². The molecule has 2 fully saturated rings. The van der Waals surface area contributed by atoms with Gasteiger partial charge in [-0.2, -0.15) is 18.9 Å². The molecule has 1 saturated carbocycles. The molecule has 0 aromatic carbocycles. The van der Waals surface area contributed by atoms with Gasteiger partial charge in [0.25, 0.3) is 11.8 Å². The third kappa shape index (κ3) is 3.29. The van der Waals surface area contributed by atoms with Gasteiger partial charge in [0.2, 0.25) is 11.6 Å². The number of anilines is 1. The van der Waals surface area contributed by atoms with E-state index in [1.807, 2.05) is 10.9 Å². The van der Waals surface area contributed by atoms with E-state index in [4.69, 9.17) is 20.3 Å². The van der Waals surface area contributed by atoms with E-state index in [-0.39, 0.29) is 11.9 Å². The zero-order valence-corrected chi connectivity index (χ0v) is 17.7. The van der Waals surface area contributed by atoms with E-state index in [1.54, 1.807) is 0 Å². The van der Waals surface area contributed by atoms with Gasteiger partial charge in [0.1, 0.15) is 17.1 Å². The molecule has 8 nitrogen and oxygen atoms in total. The molecule has 0 amide bonds. The molecule has 3 N–H and O–H groups in total. The summed E-state index contributed by atoms with van der Waals surface area (Å²) >= 11 is 0. The molecule has 0 spiro atoms. The third-order valence-corrected chi connectivity index (χ3v) is 5.89. The van der Waals surface area contributed by atoms with E-state index in [2.05, 4.69) is 27.1 Å². The Labute approximate surface area is 183 Å². The third-order valence-electron chi connectivity index (χ3n) is 5.89. The highest BCUT2D eigenvalue weighted by Gasteiger charge is 2.31. The monoisotopic (exact) mass is 440 g/mol. The summed E-state index contributed by atoms with van der Waals surface area (Å²) in [4.78, 5) is 8.02. The largest absolute Gasteiger partial charge is 0.479 e. The van der Waals surface area contributed by atoms with E-state index in [1.165, 1.54) is 14.2 Å². The lowest BCUT2D eigenvalue weighted by molar-refractivity contribution is 0.327. The molecule has 166 valence electrons. The maximum atomic E-state index is 14.7. The summed E-state index contributed by atoms with van der Waals surface area (Å²) in [7, 11) is 2.47. The number of ether oxygens (including phenoxy) is 2. The molecule has 0 unspecified atom stereocenters. The molecule has 0 bridgehead atoms. The van der Waals surface area contributed by atoms with Crippen LogP contribution in [0.2, 0.25) is 0 Å².